The summed E-state index contributed by atoms with van der Waals surface area (Å²) >= 11 is 0. The van der Waals surface area contributed by atoms with Gasteiger partial charge in [0.15, 0.2) is 6.61 Å². The average Bonchev–Trinajstić information content (AvgIpc) is 2.52. The number of carbonyl (C=O) groups excluding carboxylic acids is 1. The molecule has 1 saturated heterocycles. The first-order valence-electron chi connectivity index (χ1n) is 6.82. The zero-order valence-corrected chi connectivity index (χ0v) is 11.8. The lowest BCUT2D eigenvalue weighted by Crippen LogP contribution is -2.47. The summed E-state index contributed by atoms with van der Waals surface area (Å²) in [7, 11) is 0. The summed E-state index contributed by atoms with van der Waals surface area (Å²) in [6.07, 6.45) is -4.87. The first-order valence-corrected chi connectivity index (χ1v) is 6.82. The molecule has 0 aromatic heterocycles. The van der Waals surface area contributed by atoms with Crippen LogP contribution in [0.2, 0.25) is 0 Å². The van der Waals surface area contributed by atoms with E-state index in [9.17, 15) is 18.0 Å². The lowest BCUT2D eigenvalue weighted by atomic mass is 10.2. The number of rotatable bonds is 5. The molecule has 8 heteroatoms. The molecular formula is C14H17F3N2O3. The van der Waals surface area contributed by atoms with E-state index >= 15 is 0 Å². The Kier molecular flexibility index (Phi) is 5.62. The van der Waals surface area contributed by atoms with Crippen LogP contribution < -0.4 is 15.4 Å². The summed E-state index contributed by atoms with van der Waals surface area (Å²) in [5.74, 6) is -0.0863. The SMILES string of the molecule is O=C(NCc1ccc(OCC(F)(F)F)cc1)C1CNCCO1. The van der Waals surface area contributed by atoms with E-state index in [-0.39, 0.29) is 18.2 Å². The molecule has 1 aliphatic rings. The summed E-state index contributed by atoms with van der Waals surface area (Å²) < 4.78 is 46.0. The van der Waals surface area contributed by atoms with Gasteiger partial charge in [0, 0.05) is 19.6 Å². The molecule has 1 aromatic carbocycles. The molecule has 1 amide bonds. The van der Waals surface area contributed by atoms with Gasteiger partial charge in [-0.25, -0.2) is 0 Å². The van der Waals surface area contributed by atoms with Gasteiger partial charge in [-0.2, -0.15) is 13.2 Å². The Hall–Kier alpha value is -1.80. The molecule has 0 aliphatic carbocycles. The van der Waals surface area contributed by atoms with Gasteiger partial charge in [-0.1, -0.05) is 12.1 Å². The lowest BCUT2D eigenvalue weighted by Gasteiger charge is -2.22. The van der Waals surface area contributed by atoms with Crippen LogP contribution in [0.1, 0.15) is 5.56 Å². The third kappa shape index (κ3) is 5.53. The van der Waals surface area contributed by atoms with Gasteiger partial charge in [0.1, 0.15) is 11.9 Å². The first kappa shape index (κ1) is 16.6. The van der Waals surface area contributed by atoms with E-state index < -0.39 is 18.9 Å². The van der Waals surface area contributed by atoms with E-state index in [4.69, 9.17) is 4.74 Å². The van der Waals surface area contributed by atoms with Gasteiger partial charge in [-0.3, -0.25) is 4.79 Å². The Morgan fingerprint density at radius 3 is 2.68 bits per heavy atom. The van der Waals surface area contributed by atoms with Gasteiger partial charge in [0.2, 0.25) is 0 Å². The van der Waals surface area contributed by atoms with Crippen molar-refractivity contribution in [2.75, 3.05) is 26.3 Å². The second-order valence-electron chi connectivity index (χ2n) is 4.83. The smallest absolute Gasteiger partial charge is 0.422 e. The maximum atomic E-state index is 12.0. The van der Waals surface area contributed by atoms with E-state index in [1.807, 2.05) is 0 Å². The monoisotopic (exact) mass is 318 g/mol. The number of nitrogens with one attached hydrogen (secondary N) is 2. The number of hydrogen-bond donors (Lipinski definition) is 2. The summed E-state index contributed by atoms with van der Waals surface area (Å²) in [4.78, 5) is 11.8. The molecule has 122 valence electrons. The Bertz CT molecular complexity index is 485. The molecule has 1 unspecified atom stereocenters. The van der Waals surface area contributed by atoms with E-state index in [0.29, 0.717) is 13.2 Å². The van der Waals surface area contributed by atoms with Crippen molar-refractivity contribution in [3.8, 4) is 5.75 Å². The van der Waals surface area contributed by atoms with Gasteiger partial charge in [0.05, 0.1) is 6.61 Å². The quantitative estimate of drug-likeness (QED) is 0.857. The Labute approximate surface area is 125 Å². The van der Waals surface area contributed by atoms with Crippen LogP contribution in [0, 0.1) is 0 Å². The third-order valence-corrected chi connectivity index (χ3v) is 3.01. The molecule has 1 aromatic rings. The van der Waals surface area contributed by atoms with Gasteiger partial charge in [0.25, 0.3) is 5.91 Å². The average molecular weight is 318 g/mol. The number of benzene rings is 1. The minimum atomic E-state index is -4.36. The molecule has 22 heavy (non-hydrogen) atoms. The van der Waals surface area contributed by atoms with Crippen molar-refractivity contribution in [3.63, 3.8) is 0 Å². The van der Waals surface area contributed by atoms with Crippen LogP contribution in [0.5, 0.6) is 5.75 Å². The second-order valence-corrected chi connectivity index (χ2v) is 4.83. The van der Waals surface area contributed by atoms with E-state index in [2.05, 4.69) is 15.4 Å². The number of alkyl halides is 3. The van der Waals surface area contributed by atoms with Crippen LogP contribution in [0.4, 0.5) is 13.2 Å². The highest BCUT2D eigenvalue weighted by Gasteiger charge is 2.28. The minimum Gasteiger partial charge on any atom is -0.484 e. The number of halogens is 3. The van der Waals surface area contributed by atoms with Gasteiger partial charge >= 0.3 is 6.18 Å². The minimum absolute atomic E-state index is 0.132. The molecule has 1 fully saturated rings. The van der Waals surface area contributed by atoms with Crippen LogP contribution in [0.15, 0.2) is 24.3 Å². The summed E-state index contributed by atoms with van der Waals surface area (Å²) in [6, 6.07) is 6.08. The molecule has 0 spiro atoms. The van der Waals surface area contributed by atoms with Crippen LogP contribution in [0.3, 0.4) is 0 Å². The Morgan fingerprint density at radius 2 is 2.09 bits per heavy atom. The molecule has 0 saturated carbocycles. The molecule has 5 nitrogen and oxygen atoms in total. The van der Waals surface area contributed by atoms with Gasteiger partial charge < -0.3 is 20.1 Å². The standard InChI is InChI=1S/C14H17F3N2O3/c15-14(16,17)9-22-11-3-1-10(2-4-11)7-19-13(20)12-8-18-5-6-21-12/h1-4,12,18H,5-9H2,(H,19,20). The predicted molar refractivity (Wildman–Crippen MR) is 72.4 cm³/mol. The van der Waals surface area contributed by atoms with Crippen LogP contribution in [0.25, 0.3) is 0 Å². The van der Waals surface area contributed by atoms with E-state index in [1.165, 1.54) is 12.1 Å². The fourth-order valence-corrected chi connectivity index (χ4v) is 1.91. The largest absolute Gasteiger partial charge is 0.484 e. The number of amides is 1. The highest BCUT2D eigenvalue weighted by Crippen LogP contribution is 2.18. The van der Waals surface area contributed by atoms with Crippen molar-refractivity contribution in [2.45, 2.75) is 18.8 Å². The van der Waals surface area contributed by atoms with Crippen molar-refractivity contribution in [2.24, 2.45) is 0 Å². The molecule has 1 heterocycles. The normalized spacial score (nSPS) is 18.8. The molecule has 2 N–H and O–H groups in total. The highest BCUT2D eigenvalue weighted by atomic mass is 19.4. The Morgan fingerprint density at radius 1 is 1.36 bits per heavy atom. The van der Waals surface area contributed by atoms with Crippen molar-refractivity contribution < 1.29 is 27.4 Å². The molecule has 0 radical (unpaired) electrons. The van der Waals surface area contributed by atoms with Crippen molar-refractivity contribution >= 4 is 5.91 Å². The third-order valence-electron chi connectivity index (χ3n) is 3.01. The number of morpholine rings is 1. The topological polar surface area (TPSA) is 59.6 Å². The first-order chi connectivity index (χ1) is 10.4. The summed E-state index contributed by atoms with van der Waals surface area (Å²) in [5, 5.41) is 5.77. The maximum Gasteiger partial charge on any atom is 0.422 e. The molecular weight excluding hydrogens is 301 g/mol. The van der Waals surface area contributed by atoms with Crippen molar-refractivity contribution in [1.29, 1.82) is 0 Å². The summed E-state index contributed by atoms with van der Waals surface area (Å²) in [6.45, 7) is 0.635. The van der Waals surface area contributed by atoms with Crippen LogP contribution >= 0.6 is 0 Å². The second kappa shape index (κ2) is 7.46. The zero-order chi connectivity index (χ0) is 16.0. The van der Waals surface area contributed by atoms with E-state index in [0.717, 1.165) is 12.1 Å². The fraction of sp³-hybridized carbons (Fsp3) is 0.500. The molecule has 0 bridgehead atoms. The van der Waals surface area contributed by atoms with Gasteiger partial charge in [-0.05, 0) is 17.7 Å². The van der Waals surface area contributed by atoms with Crippen LogP contribution in [-0.2, 0) is 16.1 Å². The zero-order valence-electron chi connectivity index (χ0n) is 11.8. The molecule has 1 aliphatic heterocycles. The number of carbonyl (C=O) groups is 1. The Balaban J connectivity index is 1.77. The number of hydrogen-bond acceptors (Lipinski definition) is 4. The predicted octanol–water partition coefficient (Wildman–Crippen LogP) is 1.23. The fourth-order valence-electron chi connectivity index (χ4n) is 1.91. The van der Waals surface area contributed by atoms with Crippen molar-refractivity contribution in [1.82, 2.24) is 10.6 Å². The van der Waals surface area contributed by atoms with E-state index in [1.54, 1.807) is 12.1 Å². The number of ether oxygens (including phenoxy) is 2. The molecule has 2 rings (SSSR count). The van der Waals surface area contributed by atoms with Crippen molar-refractivity contribution in [3.05, 3.63) is 29.8 Å². The maximum absolute atomic E-state index is 12.0. The highest BCUT2D eigenvalue weighted by molar-refractivity contribution is 5.81. The van der Waals surface area contributed by atoms with Crippen LogP contribution in [-0.4, -0.2) is 44.5 Å². The lowest BCUT2D eigenvalue weighted by molar-refractivity contribution is -0.153. The summed E-state index contributed by atoms with van der Waals surface area (Å²) in [5.41, 5.74) is 0.761. The molecule has 1 atom stereocenters. The van der Waals surface area contributed by atoms with Gasteiger partial charge in [-0.15, -0.1) is 0 Å².